The number of benzene rings is 2. The van der Waals surface area contributed by atoms with Gasteiger partial charge in [-0.2, -0.15) is 5.26 Å². The van der Waals surface area contributed by atoms with Crippen LogP contribution in [0.2, 0.25) is 0 Å². The summed E-state index contributed by atoms with van der Waals surface area (Å²) in [6, 6.07) is 14.7. The highest BCUT2D eigenvalue weighted by atomic mass is 32.1. The molecule has 0 saturated carbocycles. The Kier molecular flexibility index (Phi) is 5.30. The average molecular weight is 364 g/mol. The molecule has 0 aliphatic carbocycles. The van der Waals surface area contributed by atoms with Crippen LogP contribution in [-0.4, -0.2) is 18.1 Å². The Labute approximate surface area is 155 Å². The first-order chi connectivity index (χ1) is 12.6. The molecule has 2 aromatic carbocycles. The standard InChI is InChI=1S/C20H16N2O3S/c1-13-4-3-5-15(8-13)20-22-16(12-26-20)10-19(23)25-17-7-6-14(11-21)9-18(17)24-2/h3-9,12H,10H2,1-2H3. The van der Waals surface area contributed by atoms with E-state index < -0.39 is 5.97 Å². The fourth-order valence-electron chi connectivity index (χ4n) is 2.43. The highest BCUT2D eigenvalue weighted by molar-refractivity contribution is 7.13. The van der Waals surface area contributed by atoms with Crippen LogP contribution in [0.1, 0.15) is 16.8 Å². The van der Waals surface area contributed by atoms with Gasteiger partial charge in [0, 0.05) is 17.0 Å². The van der Waals surface area contributed by atoms with Crippen molar-refractivity contribution >= 4 is 17.3 Å². The minimum Gasteiger partial charge on any atom is -0.493 e. The van der Waals surface area contributed by atoms with Crippen molar-refractivity contribution in [1.82, 2.24) is 4.98 Å². The van der Waals surface area contributed by atoms with Crippen LogP contribution in [0.15, 0.2) is 47.8 Å². The molecule has 0 fully saturated rings. The molecule has 0 unspecified atom stereocenters. The summed E-state index contributed by atoms with van der Waals surface area (Å²) in [7, 11) is 1.46. The van der Waals surface area contributed by atoms with Crippen molar-refractivity contribution in [1.29, 1.82) is 5.26 Å². The average Bonchev–Trinajstić information content (AvgIpc) is 3.10. The second-order valence-electron chi connectivity index (χ2n) is 5.64. The molecule has 3 aromatic rings. The van der Waals surface area contributed by atoms with E-state index in [0.717, 1.165) is 16.1 Å². The molecule has 0 amide bonds. The van der Waals surface area contributed by atoms with Gasteiger partial charge in [-0.3, -0.25) is 4.79 Å². The molecule has 0 spiro atoms. The van der Waals surface area contributed by atoms with Gasteiger partial charge in [-0.1, -0.05) is 23.8 Å². The molecular weight excluding hydrogens is 348 g/mol. The van der Waals surface area contributed by atoms with Gasteiger partial charge in [-0.15, -0.1) is 11.3 Å². The molecule has 0 saturated heterocycles. The number of methoxy groups -OCH3 is 1. The molecule has 26 heavy (non-hydrogen) atoms. The summed E-state index contributed by atoms with van der Waals surface area (Å²) in [4.78, 5) is 16.7. The van der Waals surface area contributed by atoms with E-state index in [1.54, 1.807) is 12.1 Å². The van der Waals surface area contributed by atoms with Gasteiger partial charge in [0.15, 0.2) is 11.5 Å². The molecular formula is C20H16N2O3S. The number of ether oxygens (including phenoxy) is 2. The van der Waals surface area contributed by atoms with E-state index in [1.165, 1.54) is 24.5 Å². The number of rotatable bonds is 5. The van der Waals surface area contributed by atoms with Gasteiger partial charge in [0.1, 0.15) is 5.01 Å². The molecule has 5 nitrogen and oxygen atoms in total. The number of aromatic nitrogens is 1. The predicted molar refractivity (Wildman–Crippen MR) is 99.3 cm³/mol. The van der Waals surface area contributed by atoms with Crippen LogP contribution in [0, 0.1) is 18.3 Å². The van der Waals surface area contributed by atoms with Crippen molar-refractivity contribution in [3.05, 3.63) is 64.7 Å². The molecule has 0 bridgehead atoms. The van der Waals surface area contributed by atoms with Gasteiger partial charge in [0.2, 0.25) is 0 Å². The molecule has 0 radical (unpaired) electrons. The minimum absolute atomic E-state index is 0.0610. The number of aryl methyl sites for hydroxylation is 1. The molecule has 6 heteroatoms. The summed E-state index contributed by atoms with van der Waals surface area (Å²) >= 11 is 1.49. The molecule has 0 aliphatic rings. The van der Waals surface area contributed by atoms with Crippen LogP contribution >= 0.6 is 11.3 Å². The third-order valence-corrected chi connectivity index (χ3v) is 4.60. The number of nitriles is 1. The number of hydrogen-bond acceptors (Lipinski definition) is 6. The second kappa shape index (κ2) is 7.81. The predicted octanol–water partition coefficient (Wildman–Crippen LogP) is 4.15. The number of hydrogen-bond donors (Lipinski definition) is 0. The zero-order chi connectivity index (χ0) is 18.5. The Morgan fingerprint density at radius 3 is 2.81 bits per heavy atom. The summed E-state index contributed by atoms with van der Waals surface area (Å²) in [6.07, 6.45) is 0.0610. The van der Waals surface area contributed by atoms with Crippen LogP contribution in [-0.2, 0) is 11.2 Å². The van der Waals surface area contributed by atoms with Crippen LogP contribution in [0.25, 0.3) is 10.6 Å². The molecule has 1 heterocycles. The van der Waals surface area contributed by atoms with E-state index >= 15 is 0 Å². The second-order valence-corrected chi connectivity index (χ2v) is 6.50. The Hall–Kier alpha value is -3.17. The van der Waals surface area contributed by atoms with Gasteiger partial charge < -0.3 is 9.47 Å². The lowest BCUT2D eigenvalue weighted by Gasteiger charge is -2.08. The lowest BCUT2D eigenvalue weighted by Crippen LogP contribution is -2.12. The molecule has 3 rings (SSSR count). The largest absolute Gasteiger partial charge is 0.493 e. The lowest BCUT2D eigenvalue weighted by molar-refractivity contribution is -0.133. The van der Waals surface area contributed by atoms with E-state index in [-0.39, 0.29) is 12.2 Å². The van der Waals surface area contributed by atoms with Gasteiger partial charge in [-0.05, 0) is 25.1 Å². The van der Waals surface area contributed by atoms with Gasteiger partial charge in [0.05, 0.1) is 30.9 Å². The maximum atomic E-state index is 12.2. The van der Waals surface area contributed by atoms with E-state index in [1.807, 2.05) is 36.6 Å². The number of nitrogens with zero attached hydrogens (tertiary/aromatic N) is 2. The highest BCUT2D eigenvalue weighted by Crippen LogP contribution is 2.29. The molecule has 130 valence electrons. The molecule has 0 N–H and O–H groups in total. The summed E-state index contributed by atoms with van der Waals surface area (Å²) < 4.78 is 10.5. The number of thiazole rings is 1. The Morgan fingerprint density at radius 2 is 2.08 bits per heavy atom. The fourth-order valence-corrected chi connectivity index (χ4v) is 3.24. The topological polar surface area (TPSA) is 72.2 Å². The number of esters is 1. The van der Waals surface area contributed by atoms with Crippen molar-refractivity contribution in [3.63, 3.8) is 0 Å². The van der Waals surface area contributed by atoms with Crippen molar-refractivity contribution < 1.29 is 14.3 Å². The van der Waals surface area contributed by atoms with Crippen molar-refractivity contribution in [3.8, 4) is 28.1 Å². The maximum absolute atomic E-state index is 12.2. The smallest absolute Gasteiger partial charge is 0.317 e. The zero-order valence-electron chi connectivity index (χ0n) is 14.4. The van der Waals surface area contributed by atoms with Crippen molar-refractivity contribution in [2.45, 2.75) is 13.3 Å². The highest BCUT2D eigenvalue weighted by Gasteiger charge is 2.14. The normalized spacial score (nSPS) is 10.2. The first-order valence-electron chi connectivity index (χ1n) is 7.89. The summed E-state index contributed by atoms with van der Waals surface area (Å²) in [5.74, 6) is 0.191. The number of carbonyl (C=O) groups excluding carboxylic acids is 1. The van der Waals surface area contributed by atoms with E-state index in [9.17, 15) is 4.79 Å². The monoisotopic (exact) mass is 364 g/mol. The number of carbonyl (C=O) groups is 1. The maximum Gasteiger partial charge on any atom is 0.317 e. The van der Waals surface area contributed by atoms with Crippen LogP contribution in [0.4, 0.5) is 0 Å². The Morgan fingerprint density at radius 1 is 1.23 bits per heavy atom. The summed E-state index contributed by atoms with van der Waals surface area (Å²) in [5.41, 5.74) is 3.28. The Balaban J connectivity index is 1.71. The Bertz CT molecular complexity index is 989. The molecule has 0 aliphatic heterocycles. The van der Waals surface area contributed by atoms with Gasteiger partial charge in [0.25, 0.3) is 0 Å². The van der Waals surface area contributed by atoms with Crippen molar-refractivity contribution in [2.24, 2.45) is 0 Å². The fraction of sp³-hybridized carbons (Fsp3) is 0.150. The van der Waals surface area contributed by atoms with Gasteiger partial charge >= 0.3 is 5.97 Å². The van der Waals surface area contributed by atoms with E-state index in [2.05, 4.69) is 11.1 Å². The SMILES string of the molecule is COc1cc(C#N)ccc1OC(=O)Cc1csc(-c2cccc(C)c2)n1. The van der Waals surface area contributed by atoms with Crippen molar-refractivity contribution in [2.75, 3.05) is 7.11 Å². The van der Waals surface area contributed by atoms with E-state index in [0.29, 0.717) is 17.0 Å². The van der Waals surface area contributed by atoms with Gasteiger partial charge in [-0.25, -0.2) is 4.98 Å². The lowest BCUT2D eigenvalue weighted by atomic mass is 10.1. The third kappa shape index (κ3) is 4.08. The molecule has 1 aromatic heterocycles. The first-order valence-corrected chi connectivity index (χ1v) is 8.77. The van der Waals surface area contributed by atoms with E-state index in [4.69, 9.17) is 14.7 Å². The van der Waals surface area contributed by atoms with Crippen LogP contribution in [0.5, 0.6) is 11.5 Å². The molecule has 0 atom stereocenters. The quantitative estimate of drug-likeness (QED) is 0.502. The van der Waals surface area contributed by atoms with Crippen LogP contribution < -0.4 is 9.47 Å². The summed E-state index contributed by atoms with van der Waals surface area (Å²) in [5, 5.41) is 11.6. The first kappa shape index (κ1) is 17.6. The van der Waals surface area contributed by atoms with Crippen LogP contribution in [0.3, 0.4) is 0 Å². The third-order valence-electron chi connectivity index (χ3n) is 3.66. The summed E-state index contributed by atoms with van der Waals surface area (Å²) in [6.45, 7) is 2.03. The zero-order valence-corrected chi connectivity index (χ0v) is 15.2. The minimum atomic E-state index is -0.436.